The van der Waals surface area contributed by atoms with Crippen molar-refractivity contribution in [3.63, 3.8) is 0 Å². The van der Waals surface area contributed by atoms with Gasteiger partial charge in [0.15, 0.2) is 0 Å². The summed E-state index contributed by atoms with van der Waals surface area (Å²) in [6, 6.07) is 26.7. The summed E-state index contributed by atoms with van der Waals surface area (Å²) in [5, 5.41) is 0. The van der Waals surface area contributed by atoms with E-state index >= 15 is 0 Å². The van der Waals surface area contributed by atoms with Gasteiger partial charge in [-0.2, -0.15) is 0 Å². The van der Waals surface area contributed by atoms with E-state index in [-0.39, 0.29) is 41.3 Å². The van der Waals surface area contributed by atoms with Crippen LogP contribution in [0.15, 0.2) is 88.8 Å². The Bertz CT molecular complexity index is 1260. The van der Waals surface area contributed by atoms with Crippen LogP contribution in [0, 0.1) is 41.3 Å². The van der Waals surface area contributed by atoms with E-state index in [0.717, 1.165) is 59.1 Å². The third-order valence-electron chi connectivity index (χ3n) is 6.65. The number of hydrogen-bond donors (Lipinski definition) is 0. The molecule has 0 atom stereocenters. The molecule has 0 amide bonds. The number of benzene rings is 3. The molecule has 0 aliphatic rings. The van der Waals surface area contributed by atoms with Crippen LogP contribution < -0.4 is 0 Å². The van der Waals surface area contributed by atoms with E-state index in [0.29, 0.717) is 25.0 Å². The maximum absolute atomic E-state index is 8.01. The third-order valence-corrected chi connectivity index (χ3v) is 8.42. The monoisotopic (exact) mass is 829 g/mol. The van der Waals surface area contributed by atoms with Crippen molar-refractivity contribution in [2.45, 2.75) is 85.2 Å². The first kappa shape index (κ1) is 47.1. The molecule has 3 rings (SSSR count). The second kappa shape index (κ2) is 25.1. The second-order valence-corrected chi connectivity index (χ2v) is 23.3. The molecule has 3 aromatic rings. The van der Waals surface area contributed by atoms with Gasteiger partial charge in [-0.25, -0.2) is 0 Å². The number of nitrogens with one attached hydrogen (secondary N) is 1. The fraction of sp³-hybridized carbons (Fsp3) is 0.487. The van der Waals surface area contributed by atoms with Gasteiger partial charge >= 0.3 is 41.3 Å². The molecular weight excluding hydrogens is 768 g/mol. The summed E-state index contributed by atoms with van der Waals surface area (Å²) in [4.78, 5) is 19.5. The Hall–Kier alpha value is -1.88. The van der Waals surface area contributed by atoms with E-state index < -0.39 is 16.5 Å². The van der Waals surface area contributed by atoms with Gasteiger partial charge in [0.1, 0.15) is 0 Å². The number of nitrogens with zero attached hydrogens (tertiary/aromatic N) is 4. The minimum atomic E-state index is -1.60. The Morgan fingerprint density at radius 1 is 0.612 bits per heavy atom. The summed E-state index contributed by atoms with van der Waals surface area (Å²) in [7, 11) is 0.0954. The van der Waals surface area contributed by atoms with Crippen molar-refractivity contribution in [2.75, 3.05) is 40.5 Å². The number of hydrogen-bond acceptors (Lipinski definition) is 4. The Kier molecular flexibility index (Phi) is 24.2. The summed E-state index contributed by atoms with van der Waals surface area (Å²) in [6.07, 6.45) is 0.884. The van der Waals surface area contributed by atoms with Crippen molar-refractivity contribution >= 4 is 33.8 Å². The molecular formula is C39H62N5O2PrSi2. The van der Waals surface area contributed by atoms with Crippen LogP contribution in [0.25, 0.3) is 15.7 Å². The number of ether oxygens (including phenoxy) is 2. The molecule has 0 aliphatic carbocycles. The Morgan fingerprint density at radius 3 is 1.24 bits per heavy atom. The maximum atomic E-state index is 8.01. The molecule has 0 spiro atoms. The number of rotatable bonds is 13. The van der Waals surface area contributed by atoms with Crippen molar-refractivity contribution in [3.05, 3.63) is 117 Å². The van der Waals surface area contributed by atoms with Crippen LogP contribution in [0.2, 0.25) is 39.3 Å². The molecule has 0 fully saturated rings. The van der Waals surface area contributed by atoms with Crippen molar-refractivity contribution in [1.29, 1.82) is 0 Å². The van der Waals surface area contributed by atoms with E-state index in [4.69, 9.17) is 25.7 Å². The van der Waals surface area contributed by atoms with E-state index in [9.17, 15) is 0 Å². The number of amidine groups is 2. The zero-order valence-electron chi connectivity index (χ0n) is 32.4. The predicted octanol–water partition coefficient (Wildman–Crippen LogP) is 11.6. The molecule has 3 aromatic carbocycles. The van der Waals surface area contributed by atoms with Gasteiger partial charge in [-0.15, -0.1) is 5.69 Å². The molecule has 7 nitrogen and oxygen atoms in total. The first-order chi connectivity index (χ1) is 22.6. The van der Waals surface area contributed by atoms with Gasteiger partial charge in [0, 0.05) is 30.7 Å². The quantitative estimate of drug-likeness (QED) is 0.0742. The summed E-state index contributed by atoms with van der Waals surface area (Å²) in [5.41, 5.74) is 13.2. The molecule has 0 unspecified atom stereocenters. The van der Waals surface area contributed by atoms with Gasteiger partial charge in [-0.3, -0.25) is 0 Å². The molecule has 0 heterocycles. The Labute approximate surface area is 334 Å². The number of methoxy groups -OCH3 is 2. The van der Waals surface area contributed by atoms with Crippen molar-refractivity contribution in [1.82, 2.24) is 0 Å². The zero-order chi connectivity index (χ0) is 36.2. The molecule has 0 aliphatic heterocycles. The molecule has 0 aromatic heterocycles. The van der Waals surface area contributed by atoms with Gasteiger partial charge in [0.05, 0.1) is 13.2 Å². The number of aliphatic imine (C=N–C) groups is 2. The van der Waals surface area contributed by atoms with Gasteiger partial charge in [-0.1, -0.05) is 188 Å². The summed E-state index contributed by atoms with van der Waals surface area (Å²) in [6.45, 7) is 24.8. The average Bonchev–Trinajstić information content (AvgIpc) is 3.02. The van der Waals surface area contributed by atoms with Gasteiger partial charge in [0.2, 0.25) is 0 Å². The van der Waals surface area contributed by atoms with Crippen molar-refractivity contribution in [3.8, 4) is 0 Å². The molecule has 0 radical (unpaired) electrons. The first-order valence-corrected chi connectivity index (χ1v) is 24.0. The van der Waals surface area contributed by atoms with Crippen molar-refractivity contribution < 1.29 is 50.8 Å². The van der Waals surface area contributed by atoms with E-state index in [1.165, 1.54) is 0 Å². The minimum absolute atomic E-state index is 0. The summed E-state index contributed by atoms with van der Waals surface area (Å²) < 4.78 is 9.31. The first-order valence-electron chi connectivity index (χ1n) is 17.1. The molecule has 1 N–H and O–H groups in total. The molecule has 10 heteroatoms. The third kappa shape index (κ3) is 21.2. The Morgan fingerprint density at radius 2 is 0.959 bits per heavy atom. The Balaban J connectivity index is 0.000000949. The van der Waals surface area contributed by atoms with Crippen LogP contribution in [0.1, 0.15) is 68.2 Å². The summed E-state index contributed by atoms with van der Waals surface area (Å²) >= 11 is 0. The van der Waals surface area contributed by atoms with E-state index in [1.54, 1.807) is 14.2 Å². The molecule has 266 valence electrons. The maximum Gasteiger partial charge on any atom is 3.00 e. The summed E-state index contributed by atoms with van der Waals surface area (Å²) in [5.74, 6) is 2.66. The van der Waals surface area contributed by atoms with Crippen LogP contribution in [0.5, 0.6) is 0 Å². The van der Waals surface area contributed by atoms with E-state index in [2.05, 4.69) is 119 Å². The van der Waals surface area contributed by atoms with Crippen molar-refractivity contribution in [2.24, 2.45) is 9.98 Å². The fourth-order valence-corrected chi connectivity index (χ4v) is 6.02. The van der Waals surface area contributed by atoms with E-state index in [1.807, 2.05) is 36.4 Å². The standard InChI is InChI=1S/C23H34N4Si2.C12H18N.C4H10O2.Pr/c1-28(2,3)26-22(20-14-9-7-10-15-20)24-18-13-19-25-23(27-29(4,5)6)21-16-11-8-12-17-21;1-8(2)10-6-5-7-11(9(3)4)12(10)13;1-5-3-4-6-2;/h7-12,14-17H,13,18-19H2,1-6H3;5-9,13H,1-4H3;3-4H2,1-2H3;/q-2;-1;;+3. The van der Waals surface area contributed by atoms with Gasteiger partial charge in [-0.05, 0) is 23.0 Å². The molecule has 49 heavy (non-hydrogen) atoms. The fourth-order valence-electron chi connectivity index (χ4n) is 4.35. The molecule has 0 bridgehead atoms. The van der Waals surface area contributed by atoms with Gasteiger partial charge in [0.25, 0.3) is 0 Å². The van der Waals surface area contributed by atoms with Crippen LogP contribution in [0.3, 0.4) is 0 Å². The van der Waals surface area contributed by atoms with Crippen LogP contribution >= 0.6 is 0 Å². The van der Waals surface area contributed by atoms with Crippen LogP contribution in [-0.2, 0) is 9.47 Å². The second-order valence-electron chi connectivity index (χ2n) is 14.2. The molecule has 0 saturated heterocycles. The smallest absolute Gasteiger partial charge is 0.698 e. The normalized spacial score (nSPS) is 12.0. The SMILES string of the molecule is CC(C)c1cccc(C(C)C)c1[NH-].COCCOC.C[Si](C)(C)[N-]C(=NCCCN=C([N-][Si](C)(C)C)c1ccccc1)c1ccccc1.[Pr+3]. The minimum Gasteiger partial charge on any atom is -0.698 e. The largest absolute Gasteiger partial charge is 3.00 e. The van der Waals surface area contributed by atoms with Gasteiger partial charge < -0.3 is 35.2 Å². The molecule has 0 saturated carbocycles. The van der Waals surface area contributed by atoms with Crippen LogP contribution in [0.4, 0.5) is 5.69 Å². The predicted molar refractivity (Wildman–Crippen MR) is 216 cm³/mol. The average molecular weight is 830 g/mol. The zero-order valence-corrected chi connectivity index (χ0v) is 38.1. The van der Waals surface area contributed by atoms with Crippen LogP contribution in [-0.4, -0.2) is 68.7 Å². The topological polar surface area (TPSA) is 95.2 Å².